The van der Waals surface area contributed by atoms with Crippen molar-refractivity contribution in [1.29, 1.82) is 0 Å². The Morgan fingerprint density at radius 1 is 1.65 bits per heavy atom. The van der Waals surface area contributed by atoms with Crippen molar-refractivity contribution in [2.24, 2.45) is 0 Å². The molecule has 92 valence electrons. The number of halogens is 3. The van der Waals surface area contributed by atoms with Crippen LogP contribution in [-0.4, -0.2) is 21.0 Å². The van der Waals surface area contributed by atoms with Crippen molar-refractivity contribution < 1.29 is 23.6 Å². The van der Waals surface area contributed by atoms with Gasteiger partial charge >= 0.3 is 11.8 Å². The van der Waals surface area contributed by atoms with Gasteiger partial charge in [0, 0.05) is 28.2 Å². The van der Waals surface area contributed by atoms with Crippen molar-refractivity contribution in [3.8, 4) is 0 Å². The Morgan fingerprint density at radius 3 is 2.65 bits per heavy atom. The highest BCUT2D eigenvalue weighted by Gasteiger charge is 2.26. The Morgan fingerprint density at radius 2 is 2.24 bits per heavy atom. The number of nitro groups is 1. The van der Waals surface area contributed by atoms with E-state index in [9.17, 15) is 23.7 Å². The summed E-state index contributed by atoms with van der Waals surface area (Å²) in [6.45, 7) is 0. The molecule has 0 radical (unpaired) electrons. The lowest BCUT2D eigenvalue weighted by Crippen LogP contribution is -2.08. The molecule has 0 aliphatic carbocycles. The molecule has 0 saturated carbocycles. The monoisotopic (exact) mass is 358 g/mol. The fourth-order valence-corrected chi connectivity index (χ4v) is 1.71. The first-order valence-corrected chi connectivity index (χ1v) is 5.24. The van der Waals surface area contributed by atoms with Crippen molar-refractivity contribution in [2.75, 3.05) is 0 Å². The standard InChI is InChI=1S/C8H5F2IN2O4/c9-6(10)4-1-3(2-5(14)15)7(11)12-8(4)13(16)17/h1,6H,2H2,(H,14,15). The molecule has 0 spiro atoms. The highest BCUT2D eigenvalue weighted by molar-refractivity contribution is 14.1. The summed E-state index contributed by atoms with van der Waals surface area (Å²) in [7, 11) is 0. The number of aromatic nitrogens is 1. The fourth-order valence-electron chi connectivity index (χ4n) is 1.13. The maximum Gasteiger partial charge on any atom is 0.373 e. The molecule has 0 amide bonds. The van der Waals surface area contributed by atoms with E-state index in [4.69, 9.17) is 5.11 Å². The number of carbonyl (C=O) groups is 1. The maximum absolute atomic E-state index is 12.5. The van der Waals surface area contributed by atoms with E-state index < -0.39 is 35.1 Å². The Balaban J connectivity index is 3.34. The predicted molar refractivity (Wildman–Crippen MR) is 59.9 cm³/mol. The van der Waals surface area contributed by atoms with E-state index in [0.717, 1.165) is 6.07 Å². The number of aliphatic carboxylic acids is 1. The second kappa shape index (κ2) is 5.29. The molecule has 17 heavy (non-hydrogen) atoms. The van der Waals surface area contributed by atoms with Gasteiger partial charge in [-0.2, -0.15) is 0 Å². The maximum atomic E-state index is 12.5. The predicted octanol–water partition coefficient (Wildman–Crippen LogP) is 2.16. The molecule has 0 unspecified atom stereocenters. The first-order valence-electron chi connectivity index (χ1n) is 4.16. The number of hydrogen-bond acceptors (Lipinski definition) is 4. The van der Waals surface area contributed by atoms with Crippen LogP contribution in [0.2, 0.25) is 0 Å². The van der Waals surface area contributed by atoms with Crippen LogP contribution in [0, 0.1) is 13.8 Å². The molecule has 1 rings (SSSR count). The first kappa shape index (κ1) is 13.7. The number of carboxylic acid groups (broad SMARTS) is 1. The van der Waals surface area contributed by atoms with Crippen molar-refractivity contribution in [2.45, 2.75) is 12.8 Å². The summed E-state index contributed by atoms with van der Waals surface area (Å²) >= 11 is 1.57. The number of alkyl halides is 2. The van der Waals surface area contributed by atoms with E-state index in [-0.39, 0.29) is 9.26 Å². The third-order valence-corrected chi connectivity index (χ3v) is 2.74. The van der Waals surface area contributed by atoms with E-state index in [1.54, 1.807) is 22.6 Å². The summed E-state index contributed by atoms with van der Waals surface area (Å²) in [5, 5.41) is 19.0. The normalized spacial score (nSPS) is 10.6. The number of pyridine rings is 1. The Hall–Kier alpha value is -1.39. The van der Waals surface area contributed by atoms with Gasteiger partial charge in [0.25, 0.3) is 6.43 Å². The van der Waals surface area contributed by atoms with Crippen LogP contribution >= 0.6 is 22.6 Å². The van der Waals surface area contributed by atoms with Crippen molar-refractivity contribution in [3.63, 3.8) is 0 Å². The van der Waals surface area contributed by atoms with Crippen LogP contribution in [0.5, 0.6) is 0 Å². The van der Waals surface area contributed by atoms with Gasteiger partial charge in [-0.3, -0.25) is 4.79 Å². The average molecular weight is 358 g/mol. The second-order valence-corrected chi connectivity index (χ2v) is 4.00. The van der Waals surface area contributed by atoms with Crippen LogP contribution in [0.1, 0.15) is 17.6 Å². The van der Waals surface area contributed by atoms with E-state index in [1.165, 1.54) is 0 Å². The molecule has 1 aromatic heterocycles. The van der Waals surface area contributed by atoms with E-state index in [2.05, 4.69) is 4.98 Å². The zero-order chi connectivity index (χ0) is 13.2. The zero-order valence-electron chi connectivity index (χ0n) is 8.06. The van der Waals surface area contributed by atoms with E-state index >= 15 is 0 Å². The fraction of sp³-hybridized carbons (Fsp3) is 0.250. The van der Waals surface area contributed by atoms with Crippen LogP contribution in [0.15, 0.2) is 6.07 Å². The number of rotatable bonds is 4. The van der Waals surface area contributed by atoms with Gasteiger partial charge < -0.3 is 15.2 Å². The summed E-state index contributed by atoms with van der Waals surface area (Å²) in [6, 6.07) is 0.811. The first-order chi connectivity index (χ1) is 7.82. The molecule has 0 bridgehead atoms. The van der Waals surface area contributed by atoms with Crippen LogP contribution in [0.3, 0.4) is 0 Å². The lowest BCUT2D eigenvalue weighted by Gasteiger charge is -2.04. The van der Waals surface area contributed by atoms with Gasteiger partial charge in [0.2, 0.25) is 3.70 Å². The smallest absolute Gasteiger partial charge is 0.373 e. The van der Waals surface area contributed by atoms with Crippen molar-refractivity contribution in [3.05, 3.63) is 31.0 Å². The van der Waals surface area contributed by atoms with Gasteiger partial charge in [0.05, 0.1) is 6.42 Å². The molecule has 0 aliphatic heterocycles. The summed E-state index contributed by atoms with van der Waals surface area (Å²) in [4.78, 5) is 23.3. The van der Waals surface area contributed by atoms with Crippen molar-refractivity contribution >= 4 is 34.4 Å². The minimum Gasteiger partial charge on any atom is -0.481 e. The van der Waals surface area contributed by atoms with E-state index in [1.807, 2.05) is 0 Å². The molecule has 0 fully saturated rings. The van der Waals surface area contributed by atoms with Gasteiger partial charge in [0.15, 0.2) is 0 Å². The lowest BCUT2D eigenvalue weighted by atomic mass is 10.1. The number of carboxylic acids is 1. The van der Waals surface area contributed by atoms with Crippen LogP contribution < -0.4 is 0 Å². The van der Waals surface area contributed by atoms with Crippen LogP contribution in [0.4, 0.5) is 14.6 Å². The molecule has 6 nitrogen and oxygen atoms in total. The minimum absolute atomic E-state index is 0.0269. The molecule has 1 N–H and O–H groups in total. The van der Waals surface area contributed by atoms with Crippen LogP contribution in [-0.2, 0) is 11.2 Å². The van der Waals surface area contributed by atoms with Gasteiger partial charge in [-0.05, 0) is 16.0 Å². The molecule has 0 aromatic carbocycles. The quantitative estimate of drug-likeness (QED) is 0.385. The largest absolute Gasteiger partial charge is 0.481 e. The highest BCUT2D eigenvalue weighted by atomic mass is 127. The topological polar surface area (TPSA) is 93.3 Å². The van der Waals surface area contributed by atoms with Gasteiger partial charge in [-0.25, -0.2) is 8.78 Å². The molecule has 1 heterocycles. The summed E-state index contributed by atoms with van der Waals surface area (Å²) in [5.74, 6) is -2.17. The summed E-state index contributed by atoms with van der Waals surface area (Å²) in [5.41, 5.74) is -0.842. The second-order valence-electron chi connectivity index (χ2n) is 2.98. The average Bonchev–Trinajstić information content (AvgIpc) is 2.19. The van der Waals surface area contributed by atoms with Gasteiger partial charge in [-0.15, -0.1) is 0 Å². The van der Waals surface area contributed by atoms with Gasteiger partial charge in [-0.1, -0.05) is 0 Å². The van der Waals surface area contributed by atoms with Crippen LogP contribution in [0.25, 0.3) is 0 Å². The highest BCUT2D eigenvalue weighted by Crippen LogP contribution is 2.29. The SMILES string of the molecule is O=C(O)Cc1cc(C(F)F)c([N+](=O)[O-])nc1I. The minimum atomic E-state index is -3.08. The summed E-state index contributed by atoms with van der Waals surface area (Å²) in [6.07, 6.45) is -3.59. The third-order valence-electron chi connectivity index (χ3n) is 1.81. The molecule has 0 saturated heterocycles. The van der Waals surface area contributed by atoms with Crippen molar-refractivity contribution in [1.82, 2.24) is 4.98 Å². The molecular formula is C8H5F2IN2O4. The Kier molecular flexibility index (Phi) is 4.26. The Bertz CT molecular complexity index is 481. The summed E-state index contributed by atoms with van der Waals surface area (Å²) < 4.78 is 25.1. The third kappa shape index (κ3) is 3.28. The molecule has 0 aliphatic rings. The Labute approximate surface area is 107 Å². The molecular weight excluding hydrogens is 353 g/mol. The lowest BCUT2D eigenvalue weighted by molar-refractivity contribution is -0.391. The van der Waals surface area contributed by atoms with E-state index in [0.29, 0.717) is 0 Å². The zero-order valence-corrected chi connectivity index (χ0v) is 10.2. The number of nitrogens with zero attached hydrogens (tertiary/aromatic N) is 2. The molecule has 1 aromatic rings. The number of hydrogen-bond donors (Lipinski definition) is 1. The molecule has 9 heteroatoms. The van der Waals surface area contributed by atoms with Gasteiger partial charge in [0.1, 0.15) is 5.56 Å². The molecule has 0 atom stereocenters.